The first kappa shape index (κ1) is 11.1. The van der Waals surface area contributed by atoms with Crippen molar-refractivity contribution in [3.63, 3.8) is 0 Å². The molecule has 0 spiro atoms. The van der Waals surface area contributed by atoms with E-state index in [0.717, 1.165) is 15.7 Å². The SMILES string of the molecule is Cc1nc(-c2cccc(Br)c2)c(C)c(=O)[nH]1. The molecule has 0 aliphatic heterocycles. The molecule has 0 radical (unpaired) electrons. The lowest BCUT2D eigenvalue weighted by atomic mass is 10.1. The van der Waals surface area contributed by atoms with Crippen molar-refractivity contribution in [1.29, 1.82) is 0 Å². The van der Waals surface area contributed by atoms with Crippen molar-refractivity contribution in [2.45, 2.75) is 13.8 Å². The van der Waals surface area contributed by atoms with Gasteiger partial charge in [-0.25, -0.2) is 4.98 Å². The molecule has 1 heterocycles. The molecule has 2 rings (SSSR count). The van der Waals surface area contributed by atoms with Crippen molar-refractivity contribution in [3.8, 4) is 11.3 Å². The average Bonchev–Trinajstić information content (AvgIpc) is 2.23. The third-order valence-corrected chi connectivity index (χ3v) is 2.86. The molecule has 82 valence electrons. The highest BCUT2D eigenvalue weighted by Crippen LogP contribution is 2.22. The zero-order chi connectivity index (χ0) is 11.7. The van der Waals surface area contributed by atoms with Gasteiger partial charge in [-0.15, -0.1) is 0 Å². The molecule has 3 nitrogen and oxygen atoms in total. The van der Waals surface area contributed by atoms with Crippen LogP contribution >= 0.6 is 15.9 Å². The minimum Gasteiger partial charge on any atom is -0.311 e. The van der Waals surface area contributed by atoms with E-state index in [4.69, 9.17) is 0 Å². The third kappa shape index (κ3) is 2.07. The summed E-state index contributed by atoms with van der Waals surface area (Å²) in [5.41, 5.74) is 2.25. The number of nitrogens with zero attached hydrogens (tertiary/aromatic N) is 1. The van der Waals surface area contributed by atoms with Gasteiger partial charge in [-0.05, 0) is 26.0 Å². The number of nitrogens with one attached hydrogen (secondary N) is 1. The second-order valence-corrected chi connectivity index (χ2v) is 4.55. The second-order valence-electron chi connectivity index (χ2n) is 3.64. The van der Waals surface area contributed by atoms with Gasteiger partial charge in [0.1, 0.15) is 5.82 Å². The van der Waals surface area contributed by atoms with Crippen LogP contribution in [0.2, 0.25) is 0 Å². The standard InChI is InChI=1S/C12H11BrN2O/c1-7-11(14-8(2)15-12(7)16)9-4-3-5-10(13)6-9/h3-6H,1-2H3,(H,14,15,16). The summed E-state index contributed by atoms with van der Waals surface area (Å²) in [6, 6.07) is 7.77. The van der Waals surface area contributed by atoms with Crippen molar-refractivity contribution in [2.24, 2.45) is 0 Å². The summed E-state index contributed by atoms with van der Waals surface area (Å²) in [6.07, 6.45) is 0. The Hall–Kier alpha value is -1.42. The molecule has 1 aromatic heterocycles. The Morgan fingerprint density at radius 2 is 2.06 bits per heavy atom. The number of H-pyrrole nitrogens is 1. The largest absolute Gasteiger partial charge is 0.311 e. The van der Waals surface area contributed by atoms with Crippen LogP contribution in [0.4, 0.5) is 0 Å². The fourth-order valence-electron chi connectivity index (χ4n) is 1.56. The quantitative estimate of drug-likeness (QED) is 0.872. The molecule has 0 aliphatic carbocycles. The summed E-state index contributed by atoms with van der Waals surface area (Å²) in [5.74, 6) is 0.630. The summed E-state index contributed by atoms with van der Waals surface area (Å²) >= 11 is 3.41. The molecule has 0 saturated carbocycles. The number of benzene rings is 1. The topological polar surface area (TPSA) is 45.8 Å². The Labute approximate surface area is 102 Å². The van der Waals surface area contributed by atoms with E-state index in [2.05, 4.69) is 25.9 Å². The van der Waals surface area contributed by atoms with Gasteiger partial charge in [0.25, 0.3) is 5.56 Å². The van der Waals surface area contributed by atoms with Gasteiger partial charge in [0, 0.05) is 15.6 Å². The molecule has 0 fully saturated rings. The van der Waals surface area contributed by atoms with E-state index in [1.807, 2.05) is 24.3 Å². The number of hydrogen-bond acceptors (Lipinski definition) is 2. The van der Waals surface area contributed by atoms with Crippen LogP contribution < -0.4 is 5.56 Å². The molecule has 1 aromatic carbocycles. The van der Waals surface area contributed by atoms with E-state index in [0.29, 0.717) is 11.4 Å². The van der Waals surface area contributed by atoms with Crippen LogP contribution in [-0.2, 0) is 0 Å². The highest BCUT2D eigenvalue weighted by Gasteiger charge is 2.08. The number of aromatic nitrogens is 2. The van der Waals surface area contributed by atoms with E-state index in [-0.39, 0.29) is 5.56 Å². The Balaban J connectivity index is 2.69. The number of aromatic amines is 1. The van der Waals surface area contributed by atoms with Gasteiger partial charge in [-0.2, -0.15) is 0 Å². The number of hydrogen-bond donors (Lipinski definition) is 1. The lowest BCUT2D eigenvalue weighted by molar-refractivity contribution is 0.999. The molecule has 0 unspecified atom stereocenters. The maximum Gasteiger partial charge on any atom is 0.254 e. The van der Waals surface area contributed by atoms with Crippen LogP contribution in [0.15, 0.2) is 33.5 Å². The Morgan fingerprint density at radius 1 is 1.31 bits per heavy atom. The highest BCUT2D eigenvalue weighted by molar-refractivity contribution is 9.10. The van der Waals surface area contributed by atoms with E-state index in [1.54, 1.807) is 13.8 Å². The van der Waals surface area contributed by atoms with Crippen LogP contribution in [0.3, 0.4) is 0 Å². The first-order chi connectivity index (χ1) is 7.58. The predicted molar refractivity (Wildman–Crippen MR) is 67.5 cm³/mol. The van der Waals surface area contributed by atoms with E-state index in [1.165, 1.54) is 0 Å². The summed E-state index contributed by atoms with van der Waals surface area (Å²) in [7, 11) is 0. The number of halogens is 1. The normalized spacial score (nSPS) is 10.4. The molecule has 0 bridgehead atoms. The average molecular weight is 279 g/mol. The van der Waals surface area contributed by atoms with Crippen molar-refractivity contribution < 1.29 is 0 Å². The zero-order valence-electron chi connectivity index (χ0n) is 9.04. The first-order valence-corrected chi connectivity index (χ1v) is 5.70. The summed E-state index contributed by atoms with van der Waals surface area (Å²) < 4.78 is 0.976. The van der Waals surface area contributed by atoms with E-state index >= 15 is 0 Å². The van der Waals surface area contributed by atoms with E-state index < -0.39 is 0 Å². The molecule has 2 aromatic rings. The fraction of sp³-hybridized carbons (Fsp3) is 0.167. The van der Waals surface area contributed by atoms with Crippen LogP contribution in [0.25, 0.3) is 11.3 Å². The number of aryl methyl sites for hydroxylation is 1. The minimum absolute atomic E-state index is 0.0810. The third-order valence-electron chi connectivity index (χ3n) is 2.37. The minimum atomic E-state index is -0.0810. The maximum atomic E-state index is 11.6. The van der Waals surface area contributed by atoms with Crippen molar-refractivity contribution in [3.05, 3.63) is 50.5 Å². The van der Waals surface area contributed by atoms with Crippen LogP contribution in [0, 0.1) is 13.8 Å². The molecule has 0 saturated heterocycles. The Morgan fingerprint density at radius 3 is 2.75 bits per heavy atom. The molecule has 0 amide bonds. The Bertz CT molecular complexity index is 590. The molecular weight excluding hydrogens is 268 g/mol. The Kier molecular flexibility index (Phi) is 2.92. The van der Waals surface area contributed by atoms with Crippen molar-refractivity contribution in [1.82, 2.24) is 9.97 Å². The van der Waals surface area contributed by atoms with E-state index in [9.17, 15) is 4.79 Å². The van der Waals surface area contributed by atoms with Gasteiger partial charge >= 0.3 is 0 Å². The predicted octanol–water partition coefficient (Wildman–Crippen LogP) is 2.82. The molecule has 4 heteroatoms. The van der Waals surface area contributed by atoms with Crippen LogP contribution in [0.1, 0.15) is 11.4 Å². The fourth-order valence-corrected chi connectivity index (χ4v) is 1.96. The summed E-state index contributed by atoms with van der Waals surface area (Å²) in [4.78, 5) is 18.7. The first-order valence-electron chi connectivity index (χ1n) is 4.91. The van der Waals surface area contributed by atoms with Gasteiger partial charge < -0.3 is 4.98 Å². The van der Waals surface area contributed by atoms with Gasteiger partial charge in [-0.1, -0.05) is 28.1 Å². The molecule has 0 aliphatic rings. The van der Waals surface area contributed by atoms with Gasteiger partial charge in [0.05, 0.1) is 5.69 Å². The van der Waals surface area contributed by atoms with Gasteiger partial charge in [-0.3, -0.25) is 4.79 Å². The second kappa shape index (κ2) is 4.22. The maximum absolute atomic E-state index is 11.6. The monoisotopic (exact) mass is 278 g/mol. The summed E-state index contributed by atoms with van der Waals surface area (Å²) in [5, 5.41) is 0. The molecule has 1 N–H and O–H groups in total. The smallest absolute Gasteiger partial charge is 0.254 e. The molecular formula is C12H11BrN2O. The van der Waals surface area contributed by atoms with Crippen molar-refractivity contribution in [2.75, 3.05) is 0 Å². The van der Waals surface area contributed by atoms with Gasteiger partial charge in [0.2, 0.25) is 0 Å². The zero-order valence-corrected chi connectivity index (χ0v) is 10.6. The van der Waals surface area contributed by atoms with Crippen molar-refractivity contribution >= 4 is 15.9 Å². The molecule has 16 heavy (non-hydrogen) atoms. The summed E-state index contributed by atoms with van der Waals surface area (Å²) in [6.45, 7) is 3.56. The van der Waals surface area contributed by atoms with Gasteiger partial charge in [0.15, 0.2) is 0 Å². The van der Waals surface area contributed by atoms with Crippen LogP contribution in [0.5, 0.6) is 0 Å². The highest BCUT2D eigenvalue weighted by atomic mass is 79.9. The lowest BCUT2D eigenvalue weighted by Crippen LogP contribution is -2.14. The number of rotatable bonds is 1. The molecule has 0 atom stereocenters. The lowest BCUT2D eigenvalue weighted by Gasteiger charge is -2.05. The van der Waals surface area contributed by atoms with Crippen LogP contribution in [-0.4, -0.2) is 9.97 Å².